The number of hydrogen-bond acceptors (Lipinski definition) is 6. The van der Waals surface area contributed by atoms with Gasteiger partial charge in [0.15, 0.2) is 0 Å². The molecular weight excluding hydrogens is 458 g/mol. The molecule has 4 rings (SSSR count). The van der Waals surface area contributed by atoms with Crippen molar-refractivity contribution in [3.05, 3.63) is 71.3 Å². The summed E-state index contributed by atoms with van der Waals surface area (Å²) in [6, 6.07) is 17.2. The van der Waals surface area contributed by atoms with E-state index in [1.54, 1.807) is 10.8 Å². The number of hydrogen-bond donors (Lipinski definition) is 1. The van der Waals surface area contributed by atoms with E-state index in [0.717, 1.165) is 33.7 Å². The second-order valence-electron chi connectivity index (χ2n) is 7.57. The highest BCUT2D eigenvalue weighted by Crippen LogP contribution is 2.35. The van der Waals surface area contributed by atoms with Crippen LogP contribution in [0.25, 0.3) is 23.0 Å². The van der Waals surface area contributed by atoms with Gasteiger partial charge < -0.3 is 9.84 Å². The summed E-state index contributed by atoms with van der Waals surface area (Å²) >= 11 is 6.30. The molecule has 0 saturated carbocycles. The third-order valence-corrected chi connectivity index (χ3v) is 6.09. The van der Waals surface area contributed by atoms with Crippen LogP contribution in [0, 0.1) is 0 Å². The number of carboxylic acids is 1. The Hall–Kier alpha value is -3.43. The van der Waals surface area contributed by atoms with Crippen LogP contribution in [0.3, 0.4) is 0 Å². The fraction of sp³-hybridized carbons (Fsp3) is 0.167. The number of aromatic nitrogens is 2. The van der Waals surface area contributed by atoms with Crippen LogP contribution in [0.15, 0.2) is 65.7 Å². The highest BCUT2D eigenvalue weighted by Gasteiger charge is 2.33. The smallest absolute Gasteiger partial charge is 0.323 e. The molecule has 1 aliphatic heterocycles. The predicted octanol–water partition coefficient (Wildman–Crippen LogP) is 4.61. The molecule has 2 heterocycles. The van der Waals surface area contributed by atoms with Gasteiger partial charge in [-0.2, -0.15) is 5.10 Å². The van der Waals surface area contributed by atoms with Gasteiger partial charge in [-0.3, -0.25) is 14.5 Å². The van der Waals surface area contributed by atoms with Gasteiger partial charge >= 0.3 is 5.97 Å². The Morgan fingerprint density at radius 1 is 1.18 bits per heavy atom. The van der Waals surface area contributed by atoms with Crippen molar-refractivity contribution < 1.29 is 19.4 Å². The first kappa shape index (κ1) is 22.8. The number of aliphatic carboxylic acids is 1. The number of nitrogens with zero attached hydrogens (tertiary/aromatic N) is 3. The van der Waals surface area contributed by atoms with Gasteiger partial charge in [0, 0.05) is 17.3 Å². The zero-order chi connectivity index (χ0) is 23.5. The van der Waals surface area contributed by atoms with Crippen LogP contribution < -0.4 is 4.74 Å². The zero-order valence-electron chi connectivity index (χ0n) is 18.0. The van der Waals surface area contributed by atoms with E-state index in [9.17, 15) is 9.59 Å². The number of ether oxygens (including phenoxy) is 1. The number of thioether (sulfide) groups is 1. The van der Waals surface area contributed by atoms with Gasteiger partial charge in [0.2, 0.25) is 0 Å². The summed E-state index contributed by atoms with van der Waals surface area (Å²) in [6.45, 7) is 3.47. The lowest BCUT2D eigenvalue weighted by molar-refractivity contribution is -0.140. The minimum Gasteiger partial charge on any atom is -0.491 e. The van der Waals surface area contributed by atoms with Gasteiger partial charge in [-0.25, -0.2) is 4.68 Å². The molecule has 1 amide bonds. The first-order valence-corrected chi connectivity index (χ1v) is 11.4. The van der Waals surface area contributed by atoms with E-state index in [1.165, 1.54) is 0 Å². The second-order valence-corrected chi connectivity index (χ2v) is 9.24. The van der Waals surface area contributed by atoms with Gasteiger partial charge in [-0.05, 0) is 56.3 Å². The molecule has 0 aliphatic carbocycles. The lowest BCUT2D eigenvalue weighted by atomic mass is 10.1. The van der Waals surface area contributed by atoms with E-state index in [-0.39, 0.29) is 10.4 Å². The summed E-state index contributed by atoms with van der Waals surface area (Å²) in [5.41, 5.74) is 3.12. The van der Waals surface area contributed by atoms with Crippen molar-refractivity contribution >= 4 is 46.3 Å². The molecule has 1 fully saturated rings. The first-order valence-electron chi connectivity index (χ1n) is 10.2. The maximum atomic E-state index is 12.8. The van der Waals surface area contributed by atoms with Gasteiger partial charge in [-0.1, -0.05) is 42.2 Å². The zero-order valence-corrected chi connectivity index (χ0v) is 19.6. The molecule has 0 radical (unpaired) electrons. The molecular formula is C24H21N3O4S2. The van der Waals surface area contributed by atoms with Crippen LogP contribution in [0.2, 0.25) is 0 Å². The van der Waals surface area contributed by atoms with E-state index < -0.39 is 18.4 Å². The van der Waals surface area contributed by atoms with Crippen molar-refractivity contribution in [2.24, 2.45) is 0 Å². The fourth-order valence-electron chi connectivity index (χ4n) is 3.31. The fourth-order valence-corrected chi connectivity index (χ4v) is 4.55. The topological polar surface area (TPSA) is 84.7 Å². The van der Waals surface area contributed by atoms with Crippen LogP contribution in [0.4, 0.5) is 0 Å². The summed E-state index contributed by atoms with van der Waals surface area (Å²) in [6.07, 6.45) is 3.62. The third-order valence-electron chi connectivity index (χ3n) is 4.72. The Bertz CT molecular complexity index is 1230. The number of amides is 1. The normalized spacial score (nSPS) is 15.0. The highest BCUT2D eigenvalue weighted by atomic mass is 32.2. The molecule has 2 aromatic carbocycles. The van der Waals surface area contributed by atoms with E-state index in [1.807, 2.05) is 74.6 Å². The monoisotopic (exact) mass is 479 g/mol. The maximum absolute atomic E-state index is 12.8. The molecule has 0 atom stereocenters. The molecule has 168 valence electrons. The molecule has 1 aliphatic rings. The third kappa shape index (κ3) is 5.15. The Labute approximate surface area is 200 Å². The van der Waals surface area contributed by atoms with Crippen molar-refractivity contribution in [1.82, 2.24) is 14.7 Å². The van der Waals surface area contributed by atoms with Gasteiger partial charge in [0.1, 0.15) is 16.6 Å². The Morgan fingerprint density at radius 2 is 1.88 bits per heavy atom. The van der Waals surface area contributed by atoms with Crippen molar-refractivity contribution in [2.45, 2.75) is 20.0 Å². The highest BCUT2D eigenvalue weighted by molar-refractivity contribution is 8.26. The van der Waals surface area contributed by atoms with Crippen molar-refractivity contribution in [3.63, 3.8) is 0 Å². The average Bonchev–Trinajstić information content (AvgIpc) is 3.31. The van der Waals surface area contributed by atoms with Crippen LogP contribution >= 0.6 is 24.0 Å². The standard InChI is InChI=1S/C24H21N3O4S2/c1-15(2)31-19-10-8-16(9-11-19)22-17(13-27(25-22)18-6-4-3-5-7-18)12-20-23(30)26(14-21(28)29)24(32)33-20/h3-13,15H,14H2,1-2H3,(H,28,29). The Balaban J connectivity index is 1.75. The summed E-state index contributed by atoms with van der Waals surface area (Å²) in [4.78, 5) is 25.3. The lowest BCUT2D eigenvalue weighted by Crippen LogP contribution is -2.33. The maximum Gasteiger partial charge on any atom is 0.323 e. The molecule has 0 spiro atoms. The van der Waals surface area contributed by atoms with Gasteiger partial charge in [0.05, 0.1) is 22.4 Å². The van der Waals surface area contributed by atoms with Crippen molar-refractivity contribution in [2.75, 3.05) is 6.54 Å². The molecule has 3 aromatic rings. The quantitative estimate of drug-likeness (QED) is 0.391. The minimum absolute atomic E-state index is 0.0661. The van der Waals surface area contributed by atoms with E-state index in [4.69, 9.17) is 27.2 Å². The number of rotatable bonds is 7. The first-order chi connectivity index (χ1) is 15.8. The number of carboxylic acid groups (broad SMARTS) is 1. The molecule has 1 aromatic heterocycles. The Kier molecular flexibility index (Phi) is 6.62. The lowest BCUT2D eigenvalue weighted by Gasteiger charge is -2.10. The van der Waals surface area contributed by atoms with E-state index in [0.29, 0.717) is 16.2 Å². The van der Waals surface area contributed by atoms with Gasteiger partial charge in [0.25, 0.3) is 5.91 Å². The Morgan fingerprint density at radius 3 is 2.52 bits per heavy atom. The number of benzene rings is 2. The SMILES string of the molecule is CC(C)Oc1ccc(-c2nn(-c3ccccc3)cc2C=C2SC(=S)N(CC(=O)O)C2=O)cc1. The molecule has 0 unspecified atom stereocenters. The molecule has 9 heteroatoms. The molecule has 1 saturated heterocycles. The summed E-state index contributed by atoms with van der Waals surface area (Å²) in [5, 5.41) is 13.8. The van der Waals surface area contributed by atoms with Gasteiger partial charge in [-0.15, -0.1) is 0 Å². The molecule has 0 bridgehead atoms. The minimum atomic E-state index is -1.12. The largest absolute Gasteiger partial charge is 0.491 e. The number of carbonyl (C=O) groups excluding carboxylic acids is 1. The molecule has 1 N–H and O–H groups in total. The summed E-state index contributed by atoms with van der Waals surface area (Å²) in [7, 11) is 0. The number of para-hydroxylation sites is 1. The van der Waals surface area contributed by atoms with Crippen LogP contribution in [-0.2, 0) is 9.59 Å². The van der Waals surface area contributed by atoms with Crippen LogP contribution in [0.1, 0.15) is 19.4 Å². The predicted molar refractivity (Wildman–Crippen MR) is 132 cm³/mol. The summed E-state index contributed by atoms with van der Waals surface area (Å²) < 4.78 is 7.70. The van der Waals surface area contributed by atoms with E-state index >= 15 is 0 Å². The average molecular weight is 480 g/mol. The second kappa shape index (κ2) is 9.60. The number of thiocarbonyl (C=S) groups is 1. The van der Waals surface area contributed by atoms with Crippen LogP contribution in [0.5, 0.6) is 5.75 Å². The molecule has 7 nitrogen and oxygen atoms in total. The molecule has 33 heavy (non-hydrogen) atoms. The van der Waals surface area contributed by atoms with E-state index in [2.05, 4.69) is 0 Å². The van der Waals surface area contributed by atoms with Crippen LogP contribution in [-0.4, -0.2) is 48.6 Å². The van der Waals surface area contributed by atoms with Crippen molar-refractivity contribution in [1.29, 1.82) is 0 Å². The summed E-state index contributed by atoms with van der Waals surface area (Å²) in [5.74, 6) is -0.785. The number of carbonyl (C=O) groups is 2. The van der Waals surface area contributed by atoms with Crippen molar-refractivity contribution in [3.8, 4) is 22.7 Å².